The van der Waals surface area contributed by atoms with Crippen molar-refractivity contribution >= 4 is 27.3 Å². The van der Waals surface area contributed by atoms with E-state index in [4.69, 9.17) is 5.73 Å². The van der Waals surface area contributed by atoms with E-state index in [-0.39, 0.29) is 0 Å². The Morgan fingerprint density at radius 2 is 2.06 bits per heavy atom. The second-order valence-electron chi connectivity index (χ2n) is 4.41. The summed E-state index contributed by atoms with van der Waals surface area (Å²) in [5.41, 5.74) is 7.11. The summed E-state index contributed by atoms with van der Waals surface area (Å²) >= 11 is 3.51. The molecule has 2 aromatic heterocycles. The lowest BCUT2D eigenvalue weighted by Gasteiger charge is -2.09. The number of nitrogens with zero attached hydrogens (tertiary/aromatic N) is 2. The number of aromatic nitrogens is 2. The summed E-state index contributed by atoms with van der Waals surface area (Å²) in [5, 5.41) is 0. The minimum absolute atomic E-state index is 0.573. The van der Waals surface area contributed by atoms with Gasteiger partial charge in [0.25, 0.3) is 0 Å². The molecule has 0 amide bonds. The van der Waals surface area contributed by atoms with Gasteiger partial charge in [-0.1, -0.05) is 18.9 Å². The number of fused-ring (bicyclic) bond motifs is 1. The molecule has 2 heterocycles. The number of hydrogen-bond acceptors (Lipinski definition) is 2. The molecule has 1 saturated carbocycles. The van der Waals surface area contributed by atoms with Crippen molar-refractivity contribution in [3.8, 4) is 0 Å². The van der Waals surface area contributed by atoms with Crippen molar-refractivity contribution in [2.24, 2.45) is 0 Å². The van der Waals surface area contributed by atoms with Crippen molar-refractivity contribution in [2.45, 2.75) is 31.6 Å². The zero-order chi connectivity index (χ0) is 11.1. The predicted molar refractivity (Wildman–Crippen MR) is 68.5 cm³/mol. The number of pyridine rings is 1. The Hall–Kier alpha value is -1.03. The largest absolute Gasteiger partial charge is 0.385 e. The standard InChI is InChI=1S/C12H14BrN3/c13-11-9-6-3-7-10(14)16(9)12(15-11)8-4-1-2-5-8/h3,6-8H,1-2,4-5,14H2. The fourth-order valence-corrected chi connectivity index (χ4v) is 3.10. The van der Waals surface area contributed by atoms with Gasteiger partial charge in [0.15, 0.2) is 0 Å². The van der Waals surface area contributed by atoms with Crippen LogP contribution in [0, 0.1) is 0 Å². The van der Waals surface area contributed by atoms with Crippen molar-refractivity contribution < 1.29 is 0 Å². The first-order valence-electron chi connectivity index (χ1n) is 5.69. The van der Waals surface area contributed by atoms with Gasteiger partial charge in [-0.2, -0.15) is 0 Å². The average molecular weight is 280 g/mol. The Labute approximate surface area is 103 Å². The Bertz CT molecular complexity index is 526. The Balaban J connectivity index is 2.24. The highest BCUT2D eigenvalue weighted by Crippen LogP contribution is 2.36. The van der Waals surface area contributed by atoms with E-state index in [2.05, 4.69) is 25.3 Å². The van der Waals surface area contributed by atoms with Gasteiger partial charge in [-0.05, 0) is 40.9 Å². The monoisotopic (exact) mass is 279 g/mol. The predicted octanol–water partition coefficient (Wildman–Crippen LogP) is 3.34. The normalized spacial score (nSPS) is 17.3. The molecule has 2 aromatic rings. The first-order chi connectivity index (χ1) is 7.77. The molecule has 3 rings (SSSR count). The molecule has 0 saturated heterocycles. The molecule has 1 aliphatic carbocycles. The molecular weight excluding hydrogens is 266 g/mol. The third kappa shape index (κ3) is 1.44. The summed E-state index contributed by atoms with van der Waals surface area (Å²) in [5.74, 6) is 2.47. The molecule has 84 valence electrons. The lowest BCUT2D eigenvalue weighted by Crippen LogP contribution is -2.04. The number of hydrogen-bond donors (Lipinski definition) is 1. The number of nitrogen functional groups attached to an aromatic ring is 1. The number of halogens is 1. The molecular formula is C12H14BrN3. The summed E-state index contributed by atoms with van der Waals surface area (Å²) in [7, 11) is 0. The molecule has 16 heavy (non-hydrogen) atoms. The van der Waals surface area contributed by atoms with Crippen LogP contribution in [-0.4, -0.2) is 9.38 Å². The van der Waals surface area contributed by atoms with Gasteiger partial charge in [0, 0.05) is 5.92 Å². The van der Waals surface area contributed by atoms with Gasteiger partial charge in [0.2, 0.25) is 0 Å². The average Bonchev–Trinajstić information content (AvgIpc) is 2.87. The molecule has 0 unspecified atom stereocenters. The van der Waals surface area contributed by atoms with Crippen LogP contribution in [0.15, 0.2) is 22.8 Å². The van der Waals surface area contributed by atoms with E-state index in [1.807, 2.05) is 18.2 Å². The molecule has 0 spiro atoms. The van der Waals surface area contributed by atoms with Gasteiger partial charge in [-0.3, -0.25) is 4.40 Å². The maximum atomic E-state index is 6.04. The molecule has 3 nitrogen and oxygen atoms in total. The Morgan fingerprint density at radius 3 is 2.81 bits per heavy atom. The number of anilines is 1. The fraction of sp³-hybridized carbons (Fsp3) is 0.417. The molecule has 0 atom stereocenters. The van der Waals surface area contributed by atoms with E-state index >= 15 is 0 Å². The van der Waals surface area contributed by atoms with E-state index in [0.29, 0.717) is 5.92 Å². The van der Waals surface area contributed by atoms with Gasteiger partial charge >= 0.3 is 0 Å². The molecule has 1 fully saturated rings. The van der Waals surface area contributed by atoms with Crippen molar-refractivity contribution in [3.05, 3.63) is 28.6 Å². The maximum Gasteiger partial charge on any atom is 0.132 e. The second kappa shape index (κ2) is 3.77. The third-order valence-corrected chi connectivity index (χ3v) is 3.98. The van der Waals surface area contributed by atoms with Crippen molar-refractivity contribution in [3.63, 3.8) is 0 Å². The van der Waals surface area contributed by atoms with Gasteiger partial charge in [0.05, 0.1) is 5.52 Å². The van der Waals surface area contributed by atoms with Crippen molar-refractivity contribution in [1.29, 1.82) is 0 Å². The van der Waals surface area contributed by atoms with E-state index < -0.39 is 0 Å². The topological polar surface area (TPSA) is 43.3 Å². The Kier molecular flexibility index (Phi) is 2.39. The lowest BCUT2D eigenvalue weighted by molar-refractivity contribution is 0.666. The summed E-state index contributed by atoms with van der Waals surface area (Å²) in [6.45, 7) is 0. The Morgan fingerprint density at radius 1 is 1.31 bits per heavy atom. The summed E-state index contributed by atoms with van der Waals surface area (Å²) in [6.07, 6.45) is 5.09. The molecule has 0 aromatic carbocycles. The quantitative estimate of drug-likeness (QED) is 0.870. The van der Waals surface area contributed by atoms with Crippen LogP contribution in [-0.2, 0) is 0 Å². The zero-order valence-corrected chi connectivity index (χ0v) is 10.6. The highest BCUT2D eigenvalue weighted by atomic mass is 79.9. The highest BCUT2D eigenvalue weighted by molar-refractivity contribution is 9.10. The van der Waals surface area contributed by atoms with E-state index in [0.717, 1.165) is 21.8 Å². The van der Waals surface area contributed by atoms with Crippen LogP contribution in [0.3, 0.4) is 0 Å². The van der Waals surface area contributed by atoms with Crippen molar-refractivity contribution in [2.75, 3.05) is 5.73 Å². The van der Waals surface area contributed by atoms with Crippen molar-refractivity contribution in [1.82, 2.24) is 9.38 Å². The van der Waals surface area contributed by atoms with Crippen LogP contribution in [0.4, 0.5) is 5.82 Å². The van der Waals surface area contributed by atoms with Gasteiger partial charge in [-0.15, -0.1) is 0 Å². The van der Waals surface area contributed by atoms with Crippen LogP contribution < -0.4 is 5.73 Å². The van der Waals surface area contributed by atoms with Crippen LogP contribution in [0.1, 0.15) is 37.4 Å². The van der Waals surface area contributed by atoms with Gasteiger partial charge in [-0.25, -0.2) is 4.98 Å². The zero-order valence-electron chi connectivity index (χ0n) is 8.99. The first kappa shape index (κ1) is 10.1. The third-order valence-electron chi connectivity index (χ3n) is 3.39. The first-order valence-corrected chi connectivity index (χ1v) is 6.49. The molecule has 0 aliphatic heterocycles. The minimum atomic E-state index is 0.573. The number of rotatable bonds is 1. The van der Waals surface area contributed by atoms with Gasteiger partial charge < -0.3 is 5.73 Å². The molecule has 2 N–H and O–H groups in total. The van der Waals surface area contributed by atoms with Crippen LogP contribution >= 0.6 is 15.9 Å². The van der Waals surface area contributed by atoms with Crippen LogP contribution in [0.25, 0.3) is 5.52 Å². The smallest absolute Gasteiger partial charge is 0.132 e. The van der Waals surface area contributed by atoms with E-state index in [1.54, 1.807) is 0 Å². The molecule has 0 radical (unpaired) electrons. The molecule has 1 aliphatic rings. The molecule has 0 bridgehead atoms. The highest BCUT2D eigenvalue weighted by Gasteiger charge is 2.23. The van der Waals surface area contributed by atoms with E-state index in [1.165, 1.54) is 25.7 Å². The minimum Gasteiger partial charge on any atom is -0.385 e. The van der Waals surface area contributed by atoms with E-state index in [9.17, 15) is 0 Å². The molecule has 4 heteroatoms. The van der Waals surface area contributed by atoms with Crippen LogP contribution in [0.2, 0.25) is 0 Å². The lowest BCUT2D eigenvalue weighted by atomic mass is 10.1. The SMILES string of the molecule is Nc1cccc2c(Br)nc(C3CCCC3)n12. The fourth-order valence-electron chi connectivity index (χ4n) is 2.61. The maximum absolute atomic E-state index is 6.04. The number of nitrogens with two attached hydrogens (primary N) is 1. The summed E-state index contributed by atoms with van der Waals surface area (Å²) in [4.78, 5) is 4.63. The number of imidazole rings is 1. The van der Waals surface area contributed by atoms with Crippen LogP contribution in [0.5, 0.6) is 0 Å². The second-order valence-corrected chi connectivity index (χ2v) is 5.16. The summed E-state index contributed by atoms with van der Waals surface area (Å²) in [6, 6.07) is 5.95. The van der Waals surface area contributed by atoms with Gasteiger partial charge in [0.1, 0.15) is 16.2 Å². The summed E-state index contributed by atoms with van der Waals surface area (Å²) < 4.78 is 2.99.